The number of amides is 1. The molecule has 0 spiro atoms. The van der Waals surface area contributed by atoms with Gasteiger partial charge in [0.05, 0.1) is 5.03 Å². The Labute approximate surface area is 84.6 Å². The van der Waals surface area contributed by atoms with Crippen LogP contribution in [0.25, 0.3) is 0 Å². The number of hydrogen-bond donors (Lipinski definition) is 0. The highest BCUT2D eigenvalue weighted by molar-refractivity contribution is 6.41. The van der Waals surface area contributed by atoms with E-state index in [0.29, 0.717) is 12.0 Å². The number of hydrogen-bond acceptors (Lipinski definition) is 1. The van der Waals surface area contributed by atoms with Crippen LogP contribution in [0.4, 0.5) is 0 Å². The molecule has 1 saturated heterocycles. The van der Waals surface area contributed by atoms with E-state index in [1.807, 2.05) is 4.90 Å². The summed E-state index contributed by atoms with van der Waals surface area (Å²) in [7, 11) is 0. The van der Waals surface area contributed by atoms with Gasteiger partial charge < -0.3 is 4.90 Å². The molecule has 2 unspecified atom stereocenters. The number of rotatable bonds is 2. The number of halogens is 1. The first-order valence-electron chi connectivity index (χ1n) is 4.71. The fourth-order valence-corrected chi connectivity index (χ4v) is 2.05. The summed E-state index contributed by atoms with van der Waals surface area (Å²) in [6, 6.07) is 0.359. The summed E-state index contributed by atoms with van der Waals surface area (Å²) in [5.74, 6) is 0.489. The number of carbonyl (C=O) groups is 1. The maximum absolute atomic E-state index is 11.6. The van der Waals surface area contributed by atoms with Crippen LogP contribution >= 0.6 is 11.6 Å². The van der Waals surface area contributed by atoms with Crippen molar-refractivity contribution in [2.75, 3.05) is 6.54 Å². The molecule has 1 heterocycles. The van der Waals surface area contributed by atoms with Crippen molar-refractivity contribution in [1.29, 1.82) is 0 Å². The molecule has 1 aliphatic heterocycles. The van der Waals surface area contributed by atoms with Crippen LogP contribution < -0.4 is 0 Å². The van der Waals surface area contributed by atoms with E-state index < -0.39 is 0 Å². The van der Waals surface area contributed by atoms with E-state index in [2.05, 4.69) is 20.4 Å². The maximum atomic E-state index is 11.6. The molecule has 13 heavy (non-hydrogen) atoms. The fraction of sp³-hybridized carbons (Fsp3) is 0.700. The van der Waals surface area contributed by atoms with Crippen molar-refractivity contribution in [1.82, 2.24) is 4.90 Å². The lowest BCUT2D eigenvalue weighted by Crippen LogP contribution is -2.35. The van der Waals surface area contributed by atoms with Crippen molar-refractivity contribution < 1.29 is 4.79 Å². The Hall–Kier alpha value is -0.500. The Bertz CT molecular complexity index is 227. The van der Waals surface area contributed by atoms with Crippen LogP contribution in [-0.4, -0.2) is 23.4 Å². The van der Waals surface area contributed by atoms with Gasteiger partial charge in [0, 0.05) is 12.6 Å². The van der Waals surface area contributed by atoms with Gasteiger partial charge in [0.2, 0.25) is 0 Å². The second kappa shape index (κ2) is 4.14. The molecular weight excluding hydrogens is 186 g/mol. The van der Waals surface area contributed by atoms with Gasteiger partial charge >= 0.3 is 0 Å². The molecule has 0 aromatic carbocycles. The van der Waals surface area contributed by atoms with Crippen LogP contribution in [0.2, 0.25) is 0 Å². The van der Waals surface area contributed by atoms with E-state index in [0.717, 1.165) is 19.4 Å². The van der Waals surface area contributed by atoms with Crippen molar-refractivity contribution in [3.8, 4) is 0 Å². The zero-order chi connectivity index (χ0) is 10.0. The van der Waals surface area contributed by atoms with Crippen molar-refractivity contribution >= 4 is 17.5 Å². The lowest BCUT2D eigenvalue weighted by atomic mass is 10.1. The van der Waals surface area contributed by atoms with Crippen LogP contribution in [0, 0.1) is 5.92 Å². The molecule has 3 heteroatoms. The van der Waals surface area contributed by atoms with Gasteiger partial charge in [0.15, 0.2) is 0 Å². The van der Waals surface area contributed by atoms with Gasteiger partial charge in [-0.1, -0.05) is 32.0 Å². The normalized spacial score (nSPS) is 27.8. The smallest absolute Gasteiger partial charge is 0.264 e. The Morgan fingerprint density at radius 2 is 2.31 bits per heavy atom. The predicted octanol–water partition coefficient (Wildman–Crippen LogP) is 2.39. The van der Waals surface area contributed by atoms with Gasteiger partial charge in [-0.15, -0.1) is 0 Å². The topological polar surface area (TPSA) is 20.3 Å². The zero-order valence-corrected chi connectivity index (χ0v) is 8.97. The molecule has 0 aromatic heterocycles. The molecule has 1 rings (SSSR count). The monoisotopic (exact) mass is 201 g/mol. The van der Waals surface area contributed by atoms with Gasteiger partial charge in [0.25, 0.3) is 5.91 Å². The molecule has 0 N–H and O–H groups in total. The van der Waals surface area contributed by atoms with Crippen LogP contribution in [0.15, 0.2) is 11.6 Å². The van der Waals surface area contributed by atoms with E-state index in [9.17, 15) is 4.79 Å². The molecule has 0 bridgehead atoms. The lowest BCUT2D eigenvalue weighted by molar-refractivity contribution is -0.127. The second-order valence-corrected chi connectivity index (χ2v) is 4.22. The first-order valence-corrected chi connectivity index (χ1v) is 5.09. The van der Waals surface area contributed by atoms with Gasteiger partial charge in [0.1, 0.15) is 0 Å². The van der Waals surface area contributed by atoms with E-state index in [1.54, 1.807) is 0 Å². The summed E-state index contributed by atoms with van der Waals surface area (Å²) in [5.41, 5.74) is 0. The maximum Gasteiger partial charge on any atom is 0.264 e. The fourth-order valence-electron chi connectivity index (χ4n) is 1.94. The largest absolute Gasteiger partial charge is 0.335 e. The molecule has 1 amide bonds. The van der Waals surface area contributed by atoms with Gasteiger partial charge in [-0.25, -0.2) is 0 Å². The second-order valence-electron chi connectivity index (χ2n) is 3.77. The number of likely N-dealkylation sites (tertiary alicyclic amines) is 1. The third kappa shape index (κ3) is 2.25. The first kappa shape index (κ1) is 10.6. The van der Waals surface area contributed by atoms with Crippen molar-refractivity contribution in [3.63, 3.8) is 0 Å². The van der Waals surface area contributed by atoms with E-state index in [-0.39, 0.29) is 10.9 Å². The molecule has 0 aliphatic carbocycles. The third-order valence-corrected chi connectivity index (χ3v) is 2.75. The predicted molar refractivity (Wildman–Crippen MR) is 54.6 cm³/mol. The molecule has 2 atom stereocenters. The van der Waals surface area contributed by atoms with Crippen molar-refractivity contribution in [2.24, 2.45) is 5.92 Å². The minimum atomic E-state index is -0.0992. The van der Waals surface area contributed by atoms with Gasteiger partial charge in [-0.2, -0.15) is 0 Å². The minimum Gasteiger partial charge on any atom is -0.335 e. The van der Waals surface area contributed by atoms with Crippen LogP contribution in [0.1, 0.15) is 26.7 Å². The van der Waals surface area contributed by atoms with E-state index >= 15 is 0 Å². The first-order chi connectivity index (χ1) is 6.06. The Balaban J connectivity index is 2.68. The third-order valence-electron chi connectivity index (χ3n) is 2.59. The minimum absolute atomic E-state index is 0.0992. The number of nitrogens with zero attached hydrogens (tertiary/aromatic N) is 1. The summed E-state index contributed by atoms with van der Waals surface area (Å²) in [4.78, 5) is 13.4. The molecule has 0 saturated carbocycles. The van der Waals surface area contributed by atoms with Crippen molar-refractivity contribution in [3.05, 3.63) is 11.6 Å². The molecule has 74 valence electrons. The standard InChI is InChI=1S/C10H16ClNO/c1-4-9-5-7(2)6-12(9)10(13)8(3)11/h7,9H,3-6H2,1-2H3. The quantitative estimate of drug-likeness (QED) is 0.629. The van der Waals surface area contributed by atoms with Crippen molar-refractivity contribution in [2.45, 2.75) is 32.7 Å². The van der Waals surface area contributed by atoms with Gasteiger partial charge in [-0.05, 0) is 18.8 Å². The summed E-state index contributed by atoms with van der Waals surface area (Å²) in [5, 5.41) is 0.132. The highest BCUT2D eigenvalue weighted by Crippen LogP contribution is 2.26. The summed E-state index contributed by atoms with van der Waals surface area (Å²) < 4.78 is 0. The Morgan fingerprint density at radius 1 is 1.69 bits per heavy atom. The molecule has 0 radical (unpaired) electrons. The number of carbonyl (C=O) groups excluding carboxylic acids is 1. The highest BCUT2D eigenvalue weighted by atomic mass is 35.5. The Morgan fingerprint density at radius 3 is 2.77 bits per heavy atom. The summed E-state index contributed by atoms with van der Waals surface area (Å²) in [6.07, 6.45) is 2.09. The van der Waals surface area contributed by atoms with E-state index in [1.165, 1.54) is 0 Å². The molecule has 1 aliphatic rings. The zero-order valence-electron chi connectivity index (χ0n) is 8.22. The van der Waals surface area contributed by atoms with Crippen LogP contribution in [-0.2, 0) is 4.79 Å². The molecule has 2 nitrogen and oxygen atoms in total. The summed E-state index contributed by atoms with van der Waals surface area (Å²) >= 11 is 5.59. The molecule has 0 aromatic rings. The van der Waals surface area contributed by atoms with E-state index in [4.69, 9.17) is 11.6 Å². The van der Waals surface area contributed by atoms with Crippen LogP contribution in [0.3, 0.4) is 0 Å². The molecular formula is C10H16ClNO. The van der Waals surface area contributed by atoms with Crippen LogP contribution in [0.5, 0.6) is 0 Å². The highest BCUT2D eigenvalue weighted by Gasteiger charge is 2.32. The van der Waals surface area contributed by atoms with Gasteiger partial charge in [-0.3, -0.25) is 4.79 Å². The lowest BCUT2D eigenvalue weighted by Gasteiger charge is -2.22. The molecule has 1 fully saturated rings. The summed E-state index contributed by atoms with van der Waals surface area (Å²) in [6.45, 7) is 8.55. The Kier molecular flexibility index (Phi) is 3.37. The SMILES string of the molecule is C=C(Cl)C(=O)N1CC(C)CC1CC. The average molecular weight is 202 g/mol. The average Bonchev–Trinajstić information content (AvgIpc) is 2.45.